The van der Waals surface area contributed by atoms with Crippen molar-refractivity contribution in [2.45, 2.75) is 31.6 Å². The van der Waals surface area contributed by atoms with Gasteiger partial charge in [-0.1, -0.05) is 48.4 Å². The summed E-state index contributed by atoms with van der Waals surface area (Å²) in [5.74, 6) is -1.03. The summed E-state index contributed by atoms with van der Waals surface area (Å²) in [6, 6.07) is 8.21. The van der Waals surface area contributed by atoms with Gasteiger partial charge in [-0.3, -0.25) is 9.59 Å². The van der Waals surface area contributed by atoms with Crippen molar-refractivity contribution in [1.82, 2.24) is 0 Å². The third-order valence-corrected chi connectivity index (χ3v) is 6.06. The minimum absolute atomic E-state index is 0.00972. The van der Waals surface area contributed by atoms with Crippen LogP contribution in [-0.2, 0) is 14.3 Å². The molecule has 3 aliphatic carbocycles. The van der Waals surface area contributed by atoms with Crippen LogP contribution in [0.2, 0.25) is 0 Å². The number of cyclic esters (lactones) is 2. The van der Waals surface area contributed by atoms with Crippen molar-refractivity contribution in [3.8, 4) is 0 Å². The molecule has 4 unspecified atom stereocenters. The molecule has 0 amide bonds. The van der Waals surface area contributed by atoms with Gasteiger partial charge in [-0.05, 0) is 41.9 Å². The molecule has 3 nitrogen and oxygen atoms in total. The maximum absolute atomic E-state index is 12.5. The Bertz CT molecular complexity index is 786. The molecule has 0 bridgehead atoms. The molecule has 0 spiro atoms. The lowest BCUT2D eigenvalue weighted by molar-refractivity contribution is -0.154. The quantitative estimate of drug-likeness (QED) is 0.543. The van der Waals surface area contributed by atoms with E-state index in [-0.39, 0.29) is 35.6 Å². The van der Waals surface area contributed by atoms with Gasteiger partial charge in [-0.25, -0.2) is 0 Å². The van der Waals surface area contributed by atoms with E-state index in [9.17, 15) is 9.59 Å². The van der Waals surface area contributed by atoms with Crippen LogP contribution < -0.4 is 0 Å². The number of hydrogen-bond donors (Lipinski definition) is 0. The average Bonchev–Trinajstić information content (AvgIpc) is 2.89. The lowest BCUT2D eigenvalue weighted by Crippen LogP contribution is -2.39. The molecule has 1 saturated carbocycles. The molecule has 116 valence electrons. The Labute approximate surface area is 135 Å². The highest BCUT2D eigenvalue weighted by molar-refractivity contribution is 5.98. The zero-order chi connectivity index (χ0) is 15.6. The molecule has 0 aromatic heterocycles. The van der Waals surface area contributed by atoms with E-state index < -0.39 is 0 Å². The summed E-state index contributed by atoms with van der Waals surface area (Å²) in [6.45, 7) is 0. The van der Waals surface area contributed by atoms with Gasteiger partial charge in [0.2, 0.25) is 0 Å². The molecular formula is C20H18O3. The summed E-state index contributed by atoms with van der Waals surface area (Å²) in [4.78, 5) is 24.8. The second-order valence-electron chi connectivity index (χ2n) is 7.06. The molecule has 1 saturated heterocycles. The SMILES string of the molecule is O=C1OC(=O)C2C3C(=C4CCCCC4C12)C=Cc1ccccc13. The van der Waals surface area contributed by atoms with Gasteiger partial charge < -0.3 is 4.74 Å². The van der Waals surface area contributed by atoms with Gasteiger partial charge in [-0.2, -0.15) is 0 Å². The topological polar surface area (TPSA) is 43.4 Å². The maximum Gasteiger partial charge on any atom is 0.318 e. The molecule has 0 radical (unpaired) electrons. The molecule has 1 aromatic carbocycles. The number of hydrogen-bond acceptors (Lipinski definition) is 3. The fourth-order valence-electron chi connectivity index (χ4n) is 5.17. The van der Waals surface area contributed by atoms with Gasteiger partial charge in [0.1, 0.15) is 0 Å². The van der Waals surface area contributed by atoms with Crippen molar-refractivity contribution in [2.24, 2.45) is 17.8 Å². The Hall–Kier alpha value is -2.16. The van der Waals surface area contributed by atoms with E-state index >= 15 is 0 Å². The van der Waals surface area contributed by atoms with Crippen LogP contribution in [0.25, 0.3) is 6.08 Å². The zero-order valence-electron chi connectivity index (χ0n) is 12.8. The van der Waals surface area contributed by atoms with Gasteiger partial charge >= 0.3 is 11.9 Å². The summed E-state index contributed by atoms with van der Waals surface area (Å²) in [6.07, 6.45) is 8.71. The van der Waals surface area contributed by atoms with Crippen molar-refractivity contribution >= 4 is 18.0 Å². The monoisotopic (exact) mass is 306 g/mol. The number of rotatable bonds is 0. The van der Waals surface area contributed by atoms with Crippen LogP contribution in [0, 0.1) is 17.8 Å². The van der Waals surface area contributed by atoms with Crippen LogP contribution >= 0.6 is 0 Å². The minimum atomic E-state index is -0.338. The molecule has 1 aromatic rings. The Morgan fingerprint density at radius 2 is 1.78 bits per heavy atom. The van der Waals surface area contributed by atoms with Crippen molar-refractivity contribution in [1.29, 1.82) is 0 Å². The molecule has 1 aliphatic heterocycles. The number of ether oxygens (including phenoxy) is 1. The van der Waals surface area contributed by atoms with E-state index in [1.807, 2.05) is 12.1 Å². The van der Waals surface area contributed by atoms with E-state index in [1.165, 1.54) is 23.1 Å². The first-order valence-corrected chi connectivity index (χ1v) is 8.51. The molecule has 23 heavy (non-hydrogen) atoms. The highest BCUT2D eigenvalue weighted by Gasteiger charge is 2.57. The fourth-order valence-corrected chi connectivity index (χ4v) is 5.17. The zero-order valence-corrected chi connectivity index (χ0v) is 12.8. The van der Waals surface area contributed by atoms with E-state index in [0.29, 0.717) is 0 Å². The van der Waals surface area contributed by atoms with Gasteiger partial charge in [0.05, 0.1) is 11.8 Å². The molecule has 1 heterocycles. The normalized spacial score (nSPS) is 34.4. The van der Waals surface area contributed by atoms with E-state index in [2.05, 4.69) is 24.3 Å². The lowest BCUT2D eigenvalue weighted by Gasteiger charge is -2.42. The Morgan fingerprint density at radius 1 is 0.957 bits per heavy atom. The second kappa shape index (κ2) is 4.67. The first kappa shape index (κ1) is 13.3. The summed E-state index contributed by atoms with van der Waals surface area (Å²) in [5, 5.41) is 0. The summed E-state index contributed by atoms with van der Waals surface area (Å²) in [5.41, 5.74) is 5.01. The first-order valence-electron chi connectivity index (χ1n) is 8.51. The van der Waals surface area contributed by atoms with E-state index in [1.54, 1.807) is 0 Å². The predicted molar refractivity (Wildman–Crippen MR) is 85.3 cm³/mol. The summed E-state index contributed by atoms with van der Waals surface area (Å²) in [7, 11) is 0. The van der Waals surface area contributed by atoms with Crippen LogP contribution in [0.15, 0.2) is 41.5 Å². The molecule has 5 rings (SSSR count). The summed E-state index contributed by atoms with van der Waals surface area (Å²) < 4.78 is 5.09. The number of esters is 2. The number of carbonyl (C=O) groups is 2. The first-order chi connectivity index (χ1) is 11.3. The van der Waals surface area contributed by atoms with Crippen molar-refractivity contribution in [2.75, 3.05) is 0 Å². The van der Waals surface area contributed by atoms with Crippen LogP contribution in [0.3, 0.4) is 0 Å². The van der Waals surface area contributed by atoms with Gasteiger partial charge in [0.15, 0.2) is 0 Å². The number of carbonyl (C=O) groups excluding carboxylic acids is 2. The third kappa shape index (κ3) is 1.71. The van der Waals surface area contributed by atoms with Crippen LogP contribution in [0.4, 0.5) is 0 Å². The largest absolute Gasteiger partial charge is 0.393 e. The van der Waals surface area contributed by atoms with Crippen LogP contribution in [-0.4, -0.2) is 11.9 Å². The van der Waals surface area contributed by atoms with E-state index in [0.717, 1.165) is 24.8 Å². The third-order valence-electron chi connectivity index (χ3n) is 6.06. The molecule has 2 fully saturated rings. The Morgan fingerprint density at radius 3 is 2.70 bits per heavy atom. The standard InChI is InChI=1S/C20H18O3/c21-19-17-14-8-4-3-7-13(14)15-10-9-11-5-1-2-6-12(11)16(15)18(17)20(22)23-19/h1-2,5-6,9-10,14,16-18H,3-4,7-8H2. The smallest absolute Gasteiger partial charge is 0.318 e. The Balaban J connectivity index is 1.77. The van der Waals surface area contributed by atoms with Crippen LogP contribution in [0.1, 0.15) is 42.7 Å². The van der Waals surface area contributed by atoms with Crippen molar-refractivity contribution < 1.29 is 14.3 Å². The number of fused-ring (bicyclic) bond motifs is 7. The minimum Gasteiger partial charge on any atom is -0.393 e. The summed E-state index contributed by atoms with van der Waals surface area (Å²) >= 11 is 0. The highest BCUT2D eigenvalue weighted by atomic mass is 16.6. The van der Waals surface area contributed by atoms with Gasteiger partial charge in [-0.15, -0.1) is 0 Å². The number of benzene rings is 1. The Kier molecular flexibility index (Phi) is 2.70. The average molecular weight is 306 g/mol. The molecule has 0 N–H and O–H groups in total. The fraction of sp³-hybridized carbons (Fsp3) is 0.400. The molecule has 4 atom stereocenters. The number of allylic oxidation sites excluding steroid dienone is 3. The molecule has 4 aliphatic rings. The second-order valence-corrected chi connectivity index (χ2v) is 7.06. The highest BCUT2D eigenvalue weighted by Crippen LogP contribution is 2.56. The van der Waals surface area contributed by atoms with Crippen molar-refractivity contribution in [3.05, 3.63) is 52.6 Å². The molecular weight excluding hydrogens is 288 g/mol. The predicted octanol–water partition coefficient (Wildman–Crippen LogP) is 3.61. The van der Waals surface area contributed by atoms with E-state index in [4.69, 9.17) is 4.74 Å². The molecule has 3 heteroatoms. The maximum atomic E-state index is 12.5. The van der Waals surface area contributed by atoms with Gasteiger partial charge in [0, 0.05) is 5.92 Å². The van der Waals surface area contributed by atoms with Gasteiger partial charge in [0.25, 0.3) is 0 Å². The van der Waals surface area contributed by atoms with Crippen LogP contribution in [0.5, 0.6) is 0 Å². The van der Waals surface area contributed by atoms with Crippen molar-refractivity contribution in [3.63, 3.8) is 0 Å². The lowest BCUT2D eigenvalue weighted by atomic mass is 9.58.